The van der Waals surface area contributed by atoms with Crippen LogP contribution in [0.3, 0.4) is 0 Å². The molecule has 0 unspecified atom stereocenters. The summed E-state index contributed by atoms with van der Waals surface area (Å²) < 4.78 is 13.2. The SMILES string of the molecule is O=C1N=c2cc3c(cc2=C/C1=C\c1sc(=S)n(-c2ccccc2)c1O)OCCO3. The van der Waals surface area contributed by atoms with Gasteiger partial charge in [0.2, 0.25) is 5.88 Å². The molecule has 1 amide bonds. The number of hydrogen-bond donors (Lipinski definition) is 1. The van der Waals surface area contributed by atoms with Crippen molar-refractivity contribution in [2.75, 3.05) is 13.2 Å². The van der Waals surface area contributed by atoms with Gasteiger partial charge in [-0.2, -0.15) is 0 Å². The number of hydrogen-bond acceptors (Lipinski definition) is 6. The van der Waals surface area contributed by atoms with Crippen LogP contribution in [0.2, 0.25) is 0 Å². The Morgan fingerprint density at radius 3 is 2.62 bits per heavy atom. The predicted octanol–water partition coefficient (Wildman–Crippen LogP) is 2.77. The monoisotopic (exact) mass is 422 g/mol. The summed E-state index contributed by atoms with van der Waals surface area (Å²) in [7, 11) is 0. The van der Waals surface area contributed by atoms with Gasteiger partial charge in [0.1, 0.15) is 13.2 Å². The Morgan fingerprint density at radius 1 is 1.14 bits per heavy atom. The number of nitrogens with zero attached hydrogens (tertiary/aromatic N) is 2. The van der Waals surface area contributed by atoms with E-state index in [4.69, 9.17) is 21.7 Å². The van der Waals surface area contributed by atoms with Crippen LogP contribution in [0.1, 0.15) is 4.88 Å². The summed E-state index contributed by atoms with van der Waals surface area (Å²) in [6, 6.07) is 12.9. The Balaban J connectivity index is 1.61. The van der Waals surface area contributed by atoms with E-state index in [1.165, 1.54) is 11.3 Å². The normalized spacial score (nSPS) is 16.1. The van der Waals surface area contributed by atoms with Crippen molar-refractivity contribution >= 4 is 41.6 Å². The Hall–Kier alpha value is -3.23. The minimum absolute atomic E-state index is 0.00660. The van der Waals surface area contributed by atoms with Crippen LogP contribution >= 0.6 is 23.6 Å². The summed E-state index contributed by atoms with van der Waals surface area (Å²) in [5, 5.41) is 12.0. The van der Waals surface area contributed by atoms with Gasteiger partial charge in [-0.1, -0.05) is 18.2 Å². The number of benzene rings is 2. The van der Waals surface area contributed by atoms with Crippen LogP contribution in [0.4, 0.5) is 0 Å². The number of ether oxygens (including phenoxy) is 2. The first kappa shape index (κ1) is 17.8. The quantitative estimate of drug-likeness (QED) is 0.508. The summed E-state index contributed by atoms with van der Waals surface area (Å²) in [5.74, 6) is 0.818. The lowest BCUT2D eigenvalue weighted by Crippen LogP contribution is -2.32. The van der Waals surface area contributed by atoms with Crippen molar-refractivity contribution in [1.82, 2.24) is 4.57 Å². The second-order valence-electron chi connectivity index (χ2n) is 6.44. The Bertz CT molecular complexity index is 1350. The summed E-state index contributed by atoms with van der Waals surface area (Å²) in [6.07, 6.45) is 3.35. The molecule has 2 aromatic carbocycles. The van der Waals surface area contributed by atoms with Gasteiger partial charge >= 0.3 is 0 Å². The number of rotatable bonds is 2. The van der Waals surface area contributed by atoms with E-state index in [0.29, 0.717) is 44.5 Å². The molecule has 0 fully saturated rings. The first-order valence-electron chi connectivity index (χ1n) is 8.86. The fraction of sp³-hybridized carbons (Fsp3) is 0.0952. The smallest absolute Gasteiger partial charge is 0.277 e. The highest BCUT2D eigenvalue weighted by molar-refractivity contribution is 7.73. The standard InChI is InChI=1S/C21H14N2O4S2/c24-19-13(8-12-9-16-17(11-15(12)22-19)27-7-6-26-16)10-18-20(25)23(21(28)29-18)14-4-2-1-3-5-14/h1-5,8-11,25H,6-7H2/b13-10+. The van der Waals surface area contributed by atoms with Crippen molar-refractivity contribution < 1.29 is 19.4 Å². The van der Waals surface area contributed by atoms with Gasteiger partial charge < -0.3 is 14.6 Å². The molecule has 6 nitrogen and oxygen atoms in total. The average Bonchev–Trinajstić information content (AvgIpc) is 3.01. The van der Waals surface area contributed by atoms with Gasteiger partial charge in [0.25, 0.3) is 5.91 Å². The molecule has 0 bridgehead atoms. The molecule has 2 aliphatic rings. The molecule has 0 aliphatic carbocycles. The fourth-order valence-electron chi connectivity index (χ4n) is 3.23. The zero-order valence-corrected chi connectivity index (χ0v) is 16.6. The van der Waals surface area contributed by atoms with Crippen LogP contribution in [0.5, 0.6) is 17.4 Å². The minimum Gasteiger partial charge on any atom is -0.493 e. The third-order valence-electron chi connectivity index (χ3n) is 4.58. The molecule has 1 N–H and O–H groups in total. The average molecular weight is 422 g/mol. The molecule has 3 heterocycles. The van der Waals surface area contributed by atoms with Crippen LogP contribution in [0.25, 0.3) is 17.8 Å². The largest absolute Gasteiger partial charge is 0.493 e. The molecule has 8 heteroatoms. The molecule has 0 saturated carbocycles. The topological polar surface area (TPSA) is 73.1 Å². The molecule has 3 aromatic rings. The first-order chi connectivity index (χ1) is 14.1. The summed E-state index contributed by atoms with van der Waals surface area (Å²) >= 11 is 6.64. The van der Waals surface area contributed by atoms with Gasteiger partial charge in [0.05, 0.1) is 15.9 Å². The van der Waals surface area contributed by atoms with Crippen molar-refractivity contribution in [1.29, 1.82) is 0 Å². The lowest BCUT2D eigenvalue weighted by molar-refractivity contribution is -0.114. The molecule has 2 aliphatic heterocycles. The minimum atomic E-state index is -0.390. The number of fused-ring (bicyclic) bond motifs is 2. The Morgan fingerprint density at radius 2 is 1.86 bits per heavy atom. The van der Waals surface area contributed by atoms with Gasteiger partial charge in [-0.3, -0.25) is 9.36 Å². The van der Waals surface area contributed by atoms with E-state index in [-0.39, 0.29) is 11.8 Å². The molecule has 0 atom stereocenters. The van der Waals surface area contributed by atoms with Crippen molar-refractivity contribution in [2.24, 2.45) is 4.99 Å². The molecule has 0 radical (unpaired) electrons. The summed E-state index contributed by atoms with van der Waals surface area (Å²) in [5.41, 5.74) is 1.12. The molecule has 5 rings (SSSR count). The lowest BCUT2D eigenvalue weighted by Gasteiger charge is -2.18. The van der Waals surface area contributed by atoms with Crippen molar-refractivity contribution in [3.05, 3.63) is 67.4 Å². The number of amides is 1. The van der Waals surface area contributed by atoms with E-state index < -0.39 is 0 Å². The molecular weight excluding hydrogens is 408 g/mol. The van der Waals surface area contributed by atoms with Crippen LogP contribution in [-0.2, 0) is 4.79 Å². The maximum Gasteiger partial charge on any atom is 0.277 e. The van der Waals surface area contributed by atoms with E-state index >= 15 is 0 Å². The first-order valence-corrected chi connectivity index (χ1v) is 10.1. The Kier molecular flexibility index (Phi) is 4.30. The van der Waals surface area contributed by atoms with Gasteiger partial charge in [-0.15, -0.1) is 11.3 Å². The number of para-hydroxylation sites is 1. The van der Waals surface area contributed by atoms with Crippen molar-refractivity contribution in [3.8, 4) is 23.1 Å². The van der Waals surface area contributed by atoms with E-state index in [9.17, 15) is 9.90 Å². The number of carbonyl (C=O) groups is 1. The maximum absolute atomic E-state index is 12.6. The second-order valence-corrected chi connectivity index (χ2v) is 8.12. The van der Waals surface area contributed by atoms with Crippen LogP contribution in [-0.4, -0.2) is 28.8 Å². The zero-order valence-electron chi connectivity index (χ0n) is 15.0. The molecule has 29 heavy (non-hydrogen) atoms. The van der Waals surface area contributed by atoms with Crippen molar-refractivity contribution in [2.45, 2.75) is 0 Å². The number of carbonyl (C=O) groups excluding carboxylic acids is 1. The highest BCUT2D eigenvalue weighted by Gasteiger charge is 2.18. The van der Waals surface area contributed by atoms with Crippen LogP contribution in [0.15, 0.2) is 53.0 Å². The van der Waals surface area contributed by atoms with E-state index in [1.54, 1.807) is 22.8 Å². The summed E-state index contributed by atoms with van der Waals surface area (Å²) in [6.45, 7) is 0.950. The number of aromatic nitrogens is 1. The Labute approximate surface area is 174 Å². The number of thiazole rings is 1. The number of aromatic hydroxyl groups is 1. The van der Waals surface area contributed by atoms with E-state index in [1.807, 2.05) is 36.4 Å². The fourth-order valence-corrected chi connectivity index (χ4v) is 4.54. The van der Waals surface area contributed by atoms with Gasteiger partial charge in [-0.25, -0.2) is 4.99 Å². The third-order valence-corrected chi connectivity index (χ3v) is 5.89. The highest BCUT2D eigenvalue weighted by atomic mass is 32.1. The highest BCUT2D eigenvalue weighted by Crippen LogP contribution is 2.32. The van der Waals surface area contributed by atoms with Gasteiger partial charge in [0, 0.05) is 16.9 Å². The van der Waals surface area contributed by atoms with E-state index in [0.717, 1.165) is 10.9 Å². The van der Waals surface area contributed by atoms with Gasteiger partial charge in [-0.05, 0) is 42.6 Å². The molecule has 144 valence electrons. The molecular formula is C21H14N2O4S2. The van der Waals surface area contributed by atoms with E-state index in [2.05, 4.69) is 4.99 Å². The van der Waals surface area contributed by atoms with Crippen LogP contribution < -0.4 is 20.0 Å². The van der Waals surface area contributed by atoms with Crippen molar-refractivity contribution in [3.63, 3.8) is 0 Å². The summed E-state index contributed by atoms with van der Waals surface area (Å²) in [4.78, 5) is 17.2. The molecule has 1 aromatic heterocycles. The van der Waals surface area contributed by atoms with Crippen LogP contribution in [0, 0.1) is 3.95 Å². The predicted molar refractivity (Wildman–Crippen MR) is 112 cm³/mol. The lowest BCUT2D eigenvalue weighted by atomic mass is 10.1. The second kappa shape index (κ2) is 6.98. The maximum atomic E-state index is 12.6. The third kappa shape index (κ3) is 3.16. The molecule has 0 spiro atoms. The van der Waals surface area contributed by atoms with Gasteiger partial charge in [0.15, 0.2) is 15.5 Å². The zero-order chi connectivity index (χ0) is 20.0. The molecule has 0 saturated heterocycles.